The number of ether oxygens (including phenoxy) is 1. The lowest BCUT2D eigenvalue weighted by Crippen LogP contribution is -2.29. The summed E-state index contributed by atoms with van der Waals surface area (Å²) in [4.78, 5) is 10.3. The van der Waals surface area contributed by atoms with Gasteiger partial charge in [-0.3, -0.25) is 4.79 Å². The van der Waals surface area contributed by atoms with Gasteiger partial charge in [0.1, 0.15) is 6.10 Å². The van der Waals surface area contributed by atoms with E-state index in [0.717, 1.165) is 0 Å². The zero-order valence-electron chi connectivity index (χ0n) is 5.18. The van der Waals surface area contributed by atoms with Crippen LogP contribution in [0.5, 0.6) is 0 Å². The third-order valence-electron chi connectivity index (χ3n) is 0.973. The van der Waals surface area contributed by atoms with E-state index in [4.69, 9.17) is 5.73 Å². The summed E-state index contributed by atoms with van der Waals surface area (Å²) in [5, 5.41) is 0. The van der Waals surface area contributed by atoms with Crippen molar-refractivity contribution in [2.45, 2.75) is 19.4 Å². The van der Waals surface area contributed by atoms with Crippen LogP contribution < -0.4 is 5.73 Å². The molecule has 0 aromatic heterocycles. The molecule has 8 heavy (non-hydrogen) atoms. The molecule has 0 aromatic carbocycles. The van der Waals surface area contributed by atoms with Crippen LogP contribution in [0.4, 0.5) is 0 Å². The summed E-state index contributed by atoms with van der Waals surface area (Å²) in [5.74, 6) is -0.394. The summed E-state index contributed by atoms with van der Waals surface area (Å²) >= 11 is 0. The first-order valence-electron chi connectivity index (χ1n) is 2.54. The first kappa shape index (κ1) is 7.43. The maximum Gasteiger partial charge on any atom is 0.246 e. The molecular weight excluding hydrogens is 106 g/mol. The molecule has 0 aliphatic carbocycles. The van der Waals surface area contributed by atoms with Gasteiger partial charge in [0.2, 0.25) is 5.91 Å². The Labute approximate surface area is 48.8 Å². The van der Waals surface area contributed by atoms with Crippen molar-refractivity contribution in [1.82, 2.24) is 0 Å². The summed E-state index contributed by atoms with van der Waals surface area (Å²) in [6.45, 7) is 1.85. The van der Waals surface area contributed by atoms with Crippen LogP contribution in [-0.2, 0) is 9.53 Å². The quantitative estimate of drug-likeness (QED) is 0.561. The zero-order chi connectivity index (χ0) is 6.57. The summed E-state index contributed by atoms with van der Waals surface area (Å²) in [6.07, 6.45) is 0.237. The number of hydrogen-bond acceptors (Lipinski definition) is 2. The Morgan fingerprint density at radius 3 is 2.38 bits per heavy atom. The van der Waals surface area contributed by atoms with Crippen molar-refractivity contribution in [3.05, 3.63) is 0 Å². The van der Waals surface area contributed by atoms with Gasteiger partial charge in [0, 0.05) is 7.11 Å². The van der Waals surface area contributed by atoms with Crippen molar-refractivity contribution >= 4 is 5.91 Å². The molecule has 0 aromatic rings. The normalized spacial score (nSPS) is 13.2. The van der Waals surface area contributed by atoms with E-state index < -0.39 is 12.0 Å². The van der Waals surface area contributed by atoms with Gasteiger partial charge in [0.05, 0.1) is 0 Å². The summed E-state index contributed by atoms with van der Waals surface area (Å²) in [5.41, 5.74) is 4.89. The number of methoxy groups -OCH3 is 1. The minimum absolute atomic E-state index is 0.394. The summed E-state index contributed by atoms with van der Waals surface area (Å²) in [6, 6.07) is 0. The number of hydrogen-bond donors (Lipinski definition) is 1. The predicted molar refractivity (Wildman–Crippen MR) is 30.3 cm³/mol. The number of carbonyl (C=O) groups excluding carboxylic acids is 1. The molecule has 3 nitrogen and oxygen atoms in total. The number of rotatable bonds is 3. The molecule has 0 radical (unpaired) electrons. The minimum Gasteiger partial charge on any atom is -0.372 e. The van der Waals surface area contributed by atoms with E-state index in [0.29, 0.717) is 6.42 Å². The average Bonchev–Trinajstić information content (AvgIpc) is 1.69. The standard InChI is InChI=1S/C5H11NO2/c1-3-4(8-2)5(6)7/h4H,3H2,1-2H3,(H2,6,7). The van der Waals surface area contributed by atoms with E-state index >= 15 is 0 Å². The lowest BCUT2D eigenvalue weighted by Gasteiger charge is -2.05. The number of amides is 1. The maximum atomic E-state index is 10.3. The van der Waals surface area contributed by atoms with Gasteiger partial charge < -0.3 is 10.5 Å². The van der Waals surface area contributed by atoms with Gasteiger partial charge in [0.15, 0.2) is 0 Å². The molecule has 0 bridgehead atoms. The Kier molecular flexibility index (Phi) is 3.19. The van der Waals surface area contributed by atoms with E-state index in [1.807, 2.05) is 6.92 Å². The minimum atomic E-state index is -0.407. The van der Waals surface area contributed by atoms with Crippen molar-refractivity contribution < 1.29 is 9.53 Å². The SMILES string of the molecule is CCC(OC)C(N)=O. The third kappa shape index (κ3) is 1.93. The van der Waals surface area contributed by atoms with Crippen LogP contribution in [0.25, 0.3) is 0 Å². The van der Waals surface area contributed by atoms with E-state index in [9.17, 15) is 4.79 Å². The second-order valence-corrected chi connectivity index (χ2v) is 1.53. The monoisotopic (exact) mass is 117 g/mol. The molecule has 0 saturated carbocycles. The van der Waals surface area contributed by atoms with Crippen molar-refractivity contribution in [3.8, 4) is 0 Å². The van der Waals surface area contributed by atoms with Crippen LogP contribution in [-0.4, -0.2) is 19.1 Å². The average molecular weight is 117 g/mol. The Hall–Kier alpha value is -0.570. The molecular formula is C5H11NO2. The third-order valence-corrected chi connectivity index (χ3v) is 0.973. The smallest absolute Gasteiger partial charge is 0.246 e. The summed E-state index contributed by atoms with van der Waals surface area (Å²) < 4.78 is 4.69. The molecule has 0 fully saturated rings. The fourth-order valence-electron chi connectivity index (χ4n) is 0.484. The predicted octanol–water partition coefficient (Wildman–Crippen LogP) is -0.103. The van der Waals surface area contributed by atoms with E-state index in [1.54, 1.807) is 0 Å². The summed E-state index contributed by atoms with van der Waals surface area (Å²) in [7, 11) is 1.47. The lowest BCUT2D eigenvalue weighted by molar-refractivity contribution is -0.127. The van der Waals surface area contributed by atoms with Gasteiger partial charge in [-0.05, 0) is 6.42 Å². The molecule has 2 N–H and O–H groups in total. The van der Waals surface area contributed by atoms with Gasteiger partial charge >= 0.3 is 0 Å². The van der Waals surface area contributed by atoms with Gasteiger partial charge in [-0.25, -0.2) is 0 Å². The van der Waals surface area contributed by atoms with E-state index in [2.05, 4.69) is 4.74 Å². The van der Waals surface area contributed by atoms with Crippen molar-refractivity contribution in [2.75, 3.05) is 7.11 Å². The second kappa shape index (κ2) is 3.43. The molecule has 0 heterocycles. The first-order valence-corrected chi connectivity index (χ1v) is 2.54. The van der Waals surface area contributed by atoms with Crippen LogP contribution in [0.1, 0.15) is 13.3 Å². The highest BCUT2D eigenvalue weighted by atomic mass is 16.5. The molecule has 48 valence electrons. The molecule has 0 saturated heterocycles. The fraction of sp³-hybridized carbons (Fsp3) is 0.800. The van der Waals surface area contributed by atoms with Crippen molar-refractivity contribution in [2.24, 2.45) is 5.73 Å². The molecule has 0 aliphatic heterocycles. The molecule has 1 unspecified atom stereocenters. The molecule has 0 aliphatic rings. The maximum absolute atomic E-state index is 10.3. The zero-order valence-corrected chi connectivity index (χ0v) is 5.18. The fourth-order valence-corrected chi connectivity index (χ4v) is 0.484. The molecule has 1 atom stereocenters. The largest absolute Gasteiger partial charge is 0.372 e. The lowest BCUT2D eigenvalue weighted by atomic mass is 10.3. The molecule has 3 heteroatoms. The Bertz CT molecular complexity index is 78.5. The van der Waals surface area contributed by atoms with E-state index in [-0.39, 0.29) is 0 Å². The van der Waals surface area contributed by atoms with Crippen LogP contribution in [0.2, 0.25) is 0 Å². The van der Waals surface area contributed by atoms with Gasteiger partial charge in [-0.15, -0.1) is 0 Å². The van der Waals surface area contributed by atoms with Crippen molar-refractivity contribution in [3.63, 3.8) is 0 Å². The number of nitrogens with two attached hydrogens (primary N) is 1. The van der Waals surface area contributed by atoms with Crippen LogP contribution in [0.15, 0.2) is 0 Å². The van der Waals surface area contributed by atoms with E-state index in [1.165, 1.54) is 7.11 Å². The number of carbonyl (C=O) groups is 1. The van der Waals surface area contributed by atoms with Gasteiger partial charge in [0.25, 0.3) is 0 Å². The van der Waals surface area contributed by atoms with Crippen LogP contribution >= 0.6 is 0 Å². The highest BCUT2D eigenvalue weighted by Crippen LogP contribution is 1.92. The highest BCUT2D eigenvalue weighted by Gasteiger charge is 2.08. The Morgan fingerprint density at radius 2 is 2.38 bits per heavy atom. The first-order chi connectivity index (χ1) is 3.72. The second-order valence-electron chi connectivity index (χ2n) is 1.53. The molecule has 0 spiro atoms. The van der Waals surface area contributed by atoms with Crippen LogP contribution in [0.3, 0.4) is 0 Å². The van der Waals surface area contributed by atoms with Crippen LogP contribution in [0, 0.1) is 0 Å². The van der Waals surface area contributed by atoms with Crippen molar-refractivity contribution in [1.29, 1.82) is 0 Å². The highest BCUT2D eigenvalue weighted by molar-refractivity contribution is 5.78. The Morgan fingerprint density at radius 1 is 1.88 bits per heavy atom. The number of primary amides is 1. The van der Waals surface area contributed by atoms with Gasteiger partial charge in [-0.2, -0.15) is 0 Å². The molecule has 1 amide bonds. The molecule has 0 rings (SSSR count). The topological polar surface area (TPSA) is 52.3 Å². The van der Waals surface area contributed by atoms with Gasteiger partial charge in [-0.1, -0.05) is 6.92 Å². The Balaban J connectivity index is 3.52.